The number of nitrogens with zero attached hydrogens (tertiary/aromatic N) is 4. The molecule has 3 rings (SSSR count). The second-order valence-corrected chi connectivity index (χ2v) is 5.78. The maximum atomic E-state index is 12.6. The summed E-state index contributed by atoms with van der Waals surface area (Å²) in [6.07, 6.45) is 0. The molecule has 0 fully saturated rings. The van der Waals surface area contributed by atoms with E-state index in [0.717, 1.165) is 4.09 Å². The Hall–Kier alpha value is -2.22. The van der Waals surface area contributed by atoms with Crippen molar-refractivity contribution in [2.45, 2.75) is 18.7 Å². The number of para-hydroxylation sites is 1. The van der Waals surface area contributed by atoms with E-state index in [1.165, 1.54) is 0 Å². The Bertz CT molecular complexity index is 844. The van der Waals surface area contributed by atoms with Crippen LogP contribution in [0.3, 0.4) is 0 Å². The smallest absolute Gasteiger partial charge is 0.290 e. The van der Waals surface area contributed by atoms with E-state index in [2.05, 4.69) is 15.5 Å². The van der Waals surface area contributed by atoms with Crippen LogP contribution in [0.25, 0.3) is 11.0 Å². The van der Waals surface area contributed by atoms with Crippen LogP contribution < -0.4 is 0 Å². The van der Waals surface area contributed by atoms with Crippen LogP contribution >= 0.6 is 0 Å². The molecule has 98 valence electrons. The number of hydrogen-bond acceptors (Lipinski definition) is 6. The summed E-state index contributed by atoms with van der Waals surface area (Å²) < 4.78 is 30.9. The van der Waals surface area contributed by atoms with Gasteiger partial charge in [0.2, 0.25) is 0 Å². The van der Waals surface area contributed by atoms with Crippen molar-refractivity contribution in [2.75, 3.05) is 0 Å². The van der Waals surface area contributed by atoms with Crippen molar-refractivity contribution in [1.82, 2.24) is 19.6 Å². The summed E-state index contributed by atoms with van der Waals surface area (Å²) in [5, 5.41) is 11.2. The molecule has 19 heavy (non-hydrogen) atoms. The molecule has 2 aromatic heterocycles. The molecule has 2 heterocycles. The van der Waals surface area contributed by atoms with Crippen molar-refractivity contribution in [2.24, 2.45) is 0 Å². The van der Waals surface area contributed by atoms with Gasteiger partial charge in [0.25, 0.3) is 10.0 Å². The Balaban J connectivity index is 2.32. The Morgan fingerprint density at radius 3 is 2.63 bits per heavy atom. The first-order valence-electron chi connectivity index (χ1n) is 5.50. The molecule has 0 saturated heterocycles. The highest BCUT2D eigenvalue weighted by Crippen LogP contribution is 2.23. The van der Waals surface area contributed by atoms with Gasteiger partial charge < -0.3 is 4.52 Å². The lowest BCUT2D eigenvalue weighted by atomic mass is 10.3. The van der Waals surface area contributed by atoms with Crippen molar-refractivity contribution < 1.29 is 12.9 Å². The van der Waals surface area contributed by atoms with Gasteiger partial charge in [-0.25, -0.2) is 0 Å². The minimum atomic E-state index is -3.85. The van der Waals surface area contributed by atoms with Gasteiger partial charge in [-0.15, -0.1) is 9.19 Å². The highest BCUT2D eigenvalue weighted by Gasteiger charge is 2.28. The van der Waals surface area contributed by atoms with E-state index < -0.39 is 10.0 Å². The van der Waals surface area contributed by atoms with Crippen LogP contribution in [0, 0.1) is 13.8 Å². The highest BCUT2D eigenvalue weighted by atomic mass is 32.2. The molecule has 3 aromatic rings. The van der Waals surface area contributed by atoms with Crippen LogP contribution in [0.5, 0.6) is 0 Å². The summed E-state index contributed by atoms with van der Waals surface area (Å²) in [4.78, 5) is 0.0307. The van der Waals surface area contributed by atoms with Crippen LogP contribution in [0.2, 0.25) is 0 Å². The van der Waals surface area contributed by atoms with E-state index in [1.54, 1.807) is 38.1 Å². The molecule has 0 aliphatic carbocycles. The van der Waals surface area contributed by atoms with Gasteiger partial charge in [-0.3, -0.25) is 0 Å². The van der Waals surface area contributed by atoms with E-state index in [-0.39, 0.29) is 10.7 Å². The second-order valence-electron chi connectivity index (χ2n) is 4.08. The summed E-state index contributed by atoms with van der Waals surface area (Å²) in [5.41, 5.74) is 1.23. The average Bonchev–Trinajstić information content (AvgIpc) is 2.93. The first-order valence-corrected chi connectivity index (χ1v) is 6.94. The van der Waals surface area contributed by atoms with Crippen LogP contribution in [0.1, 0.15) is 11.5 Å². The number of fused-ring (bicyclic) bond motifs is 1. The minimum Gasteiger partial charge on any atom is -0.360 e. The summed E-state index contributed by atoms with van der Waals surface area (Å²) in [6.45, 7) is 3.12. The molecule has 0 aliphatic rings. The van der Waals surface area contributed by atoms with Crippen LogP contribution in [0.15, 0.2) is 33.7 Å². The zero-order valence-corrected chi connectivity index (χ0v) is 11.0. The molecule has 7 nitrogen and oxygen atoms in total. The fraction of sp³-hybridized carbons (Fsp3) is 0.182. The topological polar surface area (TPSA) is 90.9 Å². The van der Waals surface area contributed by atoms with Gasteiger partial charge in [0, 0.05) is 0 Å². The molecule has 0 saturated carbocycles. The molecular formula is C11H10N4O3S. The SMILES string of the molecule is Cc1noc(C)c1S(=O)(=O)n1nnc2ccccc21. The number of benzene rings is 1. The van der Waals surface area contributed by atoms with Crippen LogP contribution in [-0.4, -0.2) is 28.0 Å². The second kappa shape index (κ2) is 3.89. The zero-order chi connectivity index (χ0) is 13.6. The molecule has 0 aliphatic heterocycles. The van der Waals surface area contributed by atoms with Gasteiger partial charge in [0.05, 0.1) is 0 Å². The van der Waals surface area contributed by atoms with Crippen LogP contribution in [-0.2, 0) is 10.0 Å². The fourth-order valence-corrected chi connectivity index (χ4v) is 3.48. The Kier molecular flexibility index (Phi) is 2.42. The maximum Gasteiger partial charge on any atom is 0.290 e. The molecule has 1 aromatic carbocycles. The van der Waals surface area contributed by atoms with E-state index in [4.69, 9.17) is 4.52 Å². The first-order chi connectivity index (χ1) is 9.01. The highest BCUT2D eigenvalue weighted by molar-refractivity contribution is 7.90. The van der Waals surface area contributed by atoms with Crippen LogP contribution in [0.4, 0.5) is 0 Å². The van der Waals surface area contributed by atoms with Crippen molar-refractivity contribution in [3.05, 3.63) is 35.7 Å². The minimum absolute atomic E-state index is 0.0307. The quantitative estimate of drug-likeness (QED) is 0.701. The number of aromatic nitrogens is 4. The van der Waals surface area contributed by atoms with Gasteiger partial charge in [-0.1, -0.05) is 22.5 Å². The lowest BCUT2D eigenvalue weighted by molar-refractivity contribution is 0.390. The van der Waals surface area contributed by atoms with Gasteiger partial charge >= 0.3 is 0 Å². The molecule has 8 heteroatoms. The third kappa shape index (κ3) is 1.64. The average molecular weight is 278 g/mol. The molecule has 0 amide bonds. The van der Waals surface area contributed by atoms with E-state index >= 15 is 0 Å². The van der Waals surface area contributed by atoms with Crippen molar-refractivity contribution in [3.8, 4) is 0 Å². The zero-order valence-electron chi connectivity index (χ0n) is 10.2. The van der Waals surface area contributed by atoms with Crippen molar-refractivity contribution in [1.29, 1.82) is 0 Å². The Labute approximate surface area is 108 Å². The monoisotopic (exact) mass is 278 g/mol. The summed E-state index contributed by atoms with van der Waals surface area (Å²) in [5.74, 6) is 0.233. The lowest BCUT2D eigenvalue weighted by Crippen LogP contribution is -2.16. The van der Waals surface area contributed by atoms with E-state index in [9.17, 15) is 8.42 Å². The molecule has 0 atom stereocenters. The van der Waals surface area contributed by atoms with Gasteiger partial charge in [0.15, 0.2) is 10.7 Å². The molecular weight excluding hydrogens is 268 g/mol. The molecule has 0 N–H and O–H groups in total. The maximum absolute atomic E-state index is 12.6. The number of hydrogen-bond donors (Lipinski definition) is 0. The predicted molar refractivity (Wildman–Crippen MR) is 66.1 cm³/mol. The van der Waals surface area contributed by atoms with Crippen molar-refractivity contribution >= 4 is 21.1 Å². The van der Waals surface area contributed by atoms with E-state index in [1.807, 2.05) is 0 Å². The third-order valence-corrected chi connectivity index (χ3v) is 4.60. The van der Waals surface area contributed by atoms with Crippen molar-refractivity contribution in [3.63, 3.8) is 0 Å². The number of aryl methyl sites for hydroxylation is 2. The normalized spacial score (nSPS) is 12.1. The van der Waals surface area contributed by atoms with Gasteiger partial charge in [-0.05, 0) is 26.0 Å². The molecule has 0 spiro atoms. The summed E-state index contributed by atoms with van der Waals surface area (Å²) in [7, 11) is -3.85. The molecule has 0 bridgehead atoms. The third-order valence-electron chi connectivity index (χ3n) is 2.78. The predicted octanol–water partition coefficient (Wildman–Crippen LogP) is 1.27. The molecule has 0 unspecified atom stereocenters. The first kappa shape index (κ1) is 11.8. The fourth-order valence-electron chi connectivity index (χ4n) is 1.95. The molecule has 0 radical (unpaired) electrons. The summed E-state index contributed by atoms with van der Waals surface area (Å²) >= 11 is 0. The lowest BCUT2D eigenvalue weighted by Gasteiger charge is -2.03. The van der Waals surface area contributed by atoms with Gasteiger partial charge in [0.1, 0.15) is 16.7 Å². The standard InChI is InChI=1S/C11H10N4O3S/c1-7-11(8(2)18-13-7)19(16,17)15-10-6-4-3-5-9(10)12-14-15/h3-6H,1-2H3. The van der Waals surface area contributed by atoms with E-state index in [0.29, 0.717) is 16.7 Å². The largest absolute Gasteiger partial charge is 0.360 e. The van der Waals surface area contributed by atoms with Gasteiger partial charge in [-0.2, -0.15) is 8.42 Å². The Morgan fingerprint density at radius 2 is 1.95 bits per heavy atom. The Morgan fingerprint density at radius 1 is 1.21 bits per heavy atom. The number of rotatable bonds is 2. The summed E-state index contributed by atoms with van der Waals surface area (Å²) in [6, 6.07) is 6.83.